The maximum Gasteiger partial charge on any atom is 0.182 e. The zero-order valence-electron chi connectivity index (χ0n) is 9.61. The molecule has 0 unspecified atom stereocenters. The molecule has 0 fully saturated rings. The topological polar surface area (TPSA) is 80.9 Å². The number of rotatable bonds is 3. The molecule has 0 bridgehead atoms. The lowest BCUT2D eigenvalue weighted by Crippen LogP contribution is -1.97. The quantitative estimate of drug-likeness (QED) is 0.621. The normalized spacial score (nSPS) is 10.8. The molecule has 4 nitrogen and oxygen atoms in total. The van der Waals surface area contributed by atoms with Crippen LogP contribution in [0.3, 0.4) is 0 Å². The Kier molecular flexibility index (Phi) is 3.50. The van der Waals surface area contributed by atoms with Crippen LogP contribution in [0.2, 0.25) is 0 Å². The molecule has 2 aromatic rings. The van der Waals surface area contributed by atoms with Crippen LogP contribution in [-0.4, -0.2) is 20.4 Å². The zero-order chi connectivity index (χ0) is 13.1. The average Bonchev–Trinajstić information content (AvgIpc) is 2.34. The van der Waals surface area contributed by atoms with Gasteiger partial charge in [0.1, 0.15) is 11.5 Å². The van der Waals surface area contributed by atoms with Gasteiger partial charge in [-0.3, -0.25) is 0 Å². The molecule has 2 aromatic carbocycles. The van der Waals surface area contributed by atoms with E-state index in [4.69, 9.17) is 10.2 Å². The van der Waals surface area contributed by atoms with Gasteiger partial charge >= 0.3 is 0 Å². The van der Waals surface area contributed by atoms with Gasteiger partial charge in [-0.05, 0) is 41.8 Å². The van der Waals surface area contributed by atoms with E-state index >= 15 is 0 Å². The summed E-state index contributed by atoms with van der Waals surface area (Å²) in [4.78, 5) is 0. The highest BCUT2D eigenvalue weighted by molar-refractivity contribution is 5.39. The molecule has 18 heavy (non-hydrogen) atoms. The maximum atomic E-state index is 9.45. The smallest absolute Gasteiger partial charge is 0.182 e. The van der Waals surface area contributed by atoms with Gasteiger partial charge in [0, 0.05) is 5.56 Å². The standard InChI is InChI=1S/C14H14O4/c15-11-4-1-9(2-5-11)7-10-3-6-13(16)12(8-10)14(17)18/h1-6,8,14-18H,7H2. The molecule has 0 spiro atoms. The van der Waals surface area contributed by atoms with Gasteiger partial charge in [0.2, 0.25) is 0 Å². The van der Waals surface area contributed by atoms with E-state index < -0.39 is 6.29 Å². The van der Waals surface area contributed by atoms with E-state index in [1.54, 1.807) is 36.4 Å². The van der Waals surface area contributed by atoms with Gasteiger partial charge in [-0.15, -0.1) is 0 Å². The van der Waals surface area contributed by atoms with Crippen LogP contribution in [0, 0.1) is 0 Å². The fraction of sp³-hybridized carbons (Fsp3) is 0.143. The zero-order valence-corrected chi connectivity index (χ0v) is 9.61. The van der Waals surface area contributed by atoms with Gasteiger partial charge in [0.25, 0.3) is 0 Å². The predicted octanol–water partition coefficient (Wildman–Crippen LogP) is 1.67. The number of aliphatic hydroxyl groups is 2. The van der Waals surface area contributed by atoms with Crippen molar-refractivity contribution >= 4 is 0 Å². The fourth-order valence-electron chi connectivity index (χ4n) is 1.77. The first-order chi connectivity index (χ1) is 8.56. The third-order valence-corrected chi connectivity index (χ3v) is 2.71. The Morgan fingerprint density at radius 3 is 2.06 bits per heavy atom. The van der Waals surface area contributed by atoms with Crippen LogP contribution in [-0.2, 0) is 6.42 Å². The molecular weight excluding hydrogens is 232 g/mol. The highest BCUT2D eigenvalue weighted by Gasteiger charge is 2.09. The Morgan fingerprint density at radius 1 is 0.833 bits per heavy atom. The van der Waals surface area contributed by atoms with Crippen LogP contribution in [0.1, 0.15) is 23.0 Å². The number of phenols is 2. The number of hydrogen-bond donors (Lipinski definition) is 4. The van der Waals surface area contributed by atoms with Gasteiger partial charge in [0.15, 0.2) is 6.29 Å². The second kappa shape index (κ2) is 5.08. The van der Waals surface area contributed by atoms with Gasteiger partial charge in [-0.2, -0.15) is 0 Å². The number of aromatic hydroxyl groups is 2. The molecule has 0 heterocycles. The van der Waals surface area contributed by atoms with E-state index in [0.717, 1.165) is 11.1 Å². The highest BCUT2D eigenvalue weighted by atomic mass is 16.5. The monoisotopic (exact) mass is 246 g/mol. The number of phenolic OH excluding ortho intramolecular Hbond substituents is 2. The lowest BCUT2D eigenvalue weighted by atomic mass is 10.0. The van der Waals surface area contributed by atoms with Crippen molar-refractivity contribution < 1.29 is 20.4 Å². The molecule has 0 atom stereocenters. The Bertz CT molecular complexity index is 532. The highest BCUT2D eigenvalue weighted by Crippen LogP contribution is 2.25. The van der Waals surface area contributed by atoms with Crippen molar-refractivity contribution in [2.24, 2.45) is 0 Å². The van der Waals surface area contributed by atoms with Gasteiger partial charge in [-0.25, -0.2) is 0 Å². The van der Waals surface area contributed by atoms with E-state index in [1.165, 1.54) is 6.07 Å². The average molecular weight is 246 g/mol. The summed E-state index contributed by atoms with van der Waals surface area (Å²) in [6.07, 6.45) is -1.11. The molecule has 0 aliphatic carbocycles. The summed E-state index contributed by atoms with van der Waals surface area (Å²) in [6, 6.07) is 11.5. The van der Waals surface area contributed by atoms with E-state index in [-0.39, 0.29) is 17.1 Å². The number of aliphatic hydroxyl groups excluding tert-OH is 1. The molecule has 0 saturated carbocycles. The molecule has 0 radical (unpaired) electrons. The lowest BCUT2D eigenvalue weighted by Gasteiger charge is -2.09. The van der Waals surface area contributed by atoms with Crippen LogP contribution in [0.5, 0.6) is 11.5 Å². The molecule has 0 saturated heterocycles. The SMILES string of the molecule is Oc1ccc(Cc2ccc(O)c(C(O)O)c2)cc1. The lowest BCUT2D eigenvalue weighted by molar-refractivity contribution is -0.0439. The van der Waals surface area contributed by atoms with Crippen molar-refractivity contribution in [3.8, 4) is 11.5 Å². The summed E-state index contributed by atoms with van der Waals surface area (Å²) in [7, 11) is 0. The van der Waals surface area contributed by atoms with Crippen molar-refractivity contribution in [1.82, 2.24) is 0 Å². The summed E-state index contributed by atoms with van der Waals surface area (Å²) in [6.45, 7) is 0. The van der Waals surface area contributed by atoms with Crippen LogP contribution >= 0.6 is 0 Å². The van der Waals surface area contributed by atoms with Crippen molar-refractivity contribution in [3.05, 3.63) is 59.2 Å². The summed E-state index contributed by atoms with van der Waals surface area (Å²) in [5.41, 5.74) is 1.92. The molecular formula is C14H14O4. The number of hydrogen-bond acceptors (Lipinski definition) is 4. The predicted molar refractivity (Wildman–Crippen MR) is 66.2 cm³/mol. The minimum Gasteiger partial charge on any atom is -0.508 e. The van der Waals surface area contributed by atoms with Crippen molar-refractivity contribution in [3.63, 3.8) is 0 Å². The molecule has 0 aliphatic heterocycles. The third kappa shape index (κ3) is 2.80. The van der Waals surface area contributed by atoms with Gasteiger partial charge < -0.3 is 20.4 Å². The number of benzene rings is 2. The van der Waals surface area contributed by atoms with Crippen molar-refractivity contribution in [2.75, 3.05) is 0 Å². The largest absolute Gasteiger partial charge is 0.508 e. The first-order valence-corrected chi connectivity index (χ1v) is 5.52. The minimum absolute atomic E-state index is 0.0891. The first-order valence-electron chi connectivity index (χ1n) is 5.52. The van der Waals surface area contributed by atoms with Gasteiger partial charge in [-0.1, -0.05) is 18.2 Å². The molecule has 4 N–H and O–H groups in total. The van der Waals surface area contributed by atoms with Crippen LogP contribution < -0.4 is 0 Å². The Labute approximate surface area is 104 Å². The Morgan fingerprint density at radius 2 is 1.44 bits per heavy atom. The van der Waals surface area contributed by atoms with Crippen LogP contribution in [0.25, 0.3) is 0 Å². The molecule has 2 rings (SSSR count). The van der Waals surface area contributed by atoms with Crippen molar-refractivity contribution in [2.45, 2.75) is 12.7 Å². The van der Waals surface area contributed by atoms with Crippen molar-refractivity contribution in [1.29, 1.82) is 0 Å². The second-order valence-corrected chi connectivity index (χ2v) is 4.11. The fourth-order valence-corrected chi connectivity index (χ4v) is 1.77. The Hall–Kier alpha value is -2.04. The van der Waals surface area contributed by atoms with Crippen LogP contribution in [0.4, 0.5) is 0 Å². The molecule has 0 aromatic heterocycles. The van der Waals surface area contributed by atoms with E-state index in [0.29, 0.717) is 6.42 Å². The second-order valence-electron chi connectivity index (χ2n) is 4.11. The summed E-state index contributed by atoms with van der Waals surface area (Å²) >= 11 is 0. The molecule has 4 heteroatoms. The first kappa shape index (κ1) is 12.4. The Balaban J connectivity index is 2.24. The molecule has 0 amide bonds. The minimum atomic E-state index is -1.69. The molecule has 0 aliphatic rings. The van der Waals surface area contributed by atoms with E-state index in [1.807, 2.05) is 0 Å². The van der Waals surface area contributed by atoms with Gasteiger partial charge in [0.05, 0.1) is 0 Å². The van der Waals surface area contributed by atoms with E-state index in [2.05, 4.69) is 0 Å². The molecule has 94 valence electrons. The summed E-state index contributed by atoms with van der Waals surface area (Å²) in [5, 5.41) is 36.8. The summed E-state index contributed by atoms with van der Waals surface area (Å²) in [5.74, 6) is 0.0652. The maximum absolute atomic E-state index is 9.45. The summed E-state index contributed by atoms with van der Waals surface area (Å²) < 4.78 is 0. The van der Waals surface area contributed by atoms with Crippen LogP contribution in [0.15, 0.2) is 42.5 Å². The van der Waals surface area contributed by atoms with E-state index in [9.17, 15) is 10.2 Å². The third-order valence-electron chi connectivity index (χ3n) is 2.71.